The van der Waals surface area contributed by atoms with E-state index in [9.17, 15) is 40.2 Å². The molecule has 0 aromatic heterocycles. The van der Waals surface area contributed by atoms with Crippen LogP contribution in [0.4, 0.5) is 0 Å². The summed E-state index contributed by atoms with van der Waals surface area (Å²) in [6.07, 6.45) is -7.60. The number of carboxylic acid groups (broad SMARTS) is 2. The summed E-state index contributed by atoms with van der Waals surface area (Å²) >= 11 is 0. The van der Waals surface area contributed by atoms with Crippen LogP contribution in [0.3, 0.4) is 0 Å². The molecule has 0 aromatic carbocycles. The number of unbranched alkanes of at least 4 members (excludes halogenated alkanes) is 9. The van der Waals surface area contributed by atoms with Crippen LogP contribution in [0.25, 0.3) is 0 Å². The van der Waals surface area contributed by atoms with Gasteiger partial charge in [0.1, 0.15) is 36.6 Å². The highest BCUT2D eigenvalue weighted by Crippen LogP contribution is 2.30. The smallest absolute Gasteiger partial charge is 0.335 e. The number of ether oxygens (including phenoxy) is 4. The highest BCUT2D eigenvalue weighted by Gasteiger charge is 2.53. The van der Waals surface area contributed by atoms with E-state index >= 15 is 0 Å². The number of rotatable bonds is 16. The molecule has 0 amide bonds. The third-order valence-electron chi connectivity index (χ3n) is 6.67. The summed E-state index contributed by atoms with van der Waals surface area (Å²) in [6.45, 7) is 2.35. The monoisotopic (exact) mass is 538 g/mol. The minimum atomic E-state index is -1.99. The molecule has 13 nitrogen and oxygen atoms in total. The molecule has 37 heavy (non-hydrogen) atoms. The first-order valence-corrected chi connectivity index (χ1v) is 13.0. The number of hydrogen-bond donors (Lipinski definition) is 7. The summed E-state index contributed by atoms with van der Waals surface area (Å²) in [4.78, 5) is 23.1. The molecule has 0 spiro atoms. The maximum absolute atomic E-state index is 11.8. The van der Waals surface area contributed by atoms with Crippen molar-refractivity contribution in [3.63, 3.8) is 0 Å². The van der Waals surface area contributed by atoms with Gasteiger partial charge in [-0.15, -0.1) is 0 Å². The second-order valence-electron chi connectivity index (χ2n) is 9.63. The van der Waals surface area contributed by atoms with E-state index in [1.807, 2.05) is 0 Å². The topological polar surface area (TPSA) is 213 Å². The maximum atomic E-state index is 11.8. The van der Waals surface area contributed by atoms with E-state index in [-0.39, 0.29) is 6.61 Å². The molecule has 0 aromatic rings. The predicted octanol–water partition coefficient (Wildman–Crippen LogP) is -0.267. The van der Waals surface area contributed by atoms with Crippen molar-refractivity contribution in [2.75, 3.05) is 6.61 Å². The van der Waals surface area contributed by atoms with E-state index in [2.05, 4.69) is 6.92 Å². The summed E-state index contributed by atoms with van der Waals surface area (Å²) in [5.74, 6) is -3.24. The summed E-state index contributed by atoms with van der Waals surface area (Å²) < 4.78 is 21.0. The molecule has 10 atom stereocenters. The molecule has 2 aliphatic rings. The van der Waals surface area contributed by atoms with E-state index in [0.717, 1.165) is 19.3 Å². The van der Waals surface area contributed by atoms with Gasteiger partial charge in [0, 0.05) is 6.61 Å². The number of aliphatic carboxylic acids is 2. The lowest BCUT2D eigenvalue weighted by molar-refractivity contribution is -0.350. The molecule has 0 unspecified atom stereocenters. The fourth-order valence-electron chi connectivity index (χ4n) is 4.43. The average Bonchev–Trinajstić information content (AvgIpc) is 2.86. The number of aliphatic hydroxyl groups excluding tert-OH is 5. The molecule has 7 N–H and O–H groups in total. The first-order valence-electron chi connectivity index (χ1n) is 13.0. The van der Waals surface area contributed by atoms with Crippen molar-refractivity contribution in [3.8, 4) is 0 Å². The Bertz CT molecular complexity index is 692. The lowest BCUT2D eigenvalue weighted by Gasteiger charge is -2.44. The van der Waals surface area contributed by atoms with E-state index < -0.39 is 73.4 Å². The van der Waals surface area contributed by atoms with E-state index in [1.165, 1.54) is 38.5 Å². The van der Waals surface area contributed by atoms with Crippen LogP contribution in [-0.2, 0) is 28.5 Å². The minimum absolute atomic E-state index is 0.164. The van der Waals surface area contributed by atoms with E-state index in [4.69, 9.17) is 24.1 Å². The second kappa shape index (κ2) is 15.9. The predicted molar refractivity (Wildman–Crippen MR) is 125 cm³/mol. The molecule has 2 rings (SSSR count). The Morgan fingerprint density at radius 3 is 1.65 bits per heavy atom. The van der Waals surface area contributed by atoms with Crippen LogP contribution < -0.4 is 0 Å². The molecule has 2 heterocycles. The molecule has 2 aliphatic heterocycles. The Balaban J connectivity index is 1.84. The van der Waals surface area contributed by atoms with Crippen LogP contribution >= 0.6 is 0 Å². The molecular weight excluding hydrogens is 496 g/mol. The average molecular weight is 539 g/mol. The molecular formula is C24H42O13. The van der Waals surface area contributed by atoms with Gasteiger partial charge in [-0.05, 0) is 6.42 Å². The number of hydrogen-bond acceptors (Lipinski definition) is 11. The van der Waals surface area contributed by atoms with Gasteiger partial charge >= 0.3 is 11.9 Å². The zero-order chi connectivity index (χ0) is 27.5. The Hall–Kier alpha value is -1.42. The second-order valence-corrected chi connectivity index (χ2v) is 9.63. The van der Waals surface area contributed by atoms with Crippen LogP contribution in [0.2, 0.25) is 0 Å². The summed E-state index contributed by atoms with van der Waals surface area (Å²) in [7, 11) is 0. The third-order valence-corrected chi connectivity index (χ3v) is 6.67. The van der Waals surface area contributed by atoms with Crippen LogP contribution in [0.1, 0.15) is 71.1 Å². The van der Waals surface area contributed by atoms with Crippen LogP contribution in [0.15, 0.2) is 0 Å². The molecule has 0 aliphatic carbocycles. The van der Waals surface area contributed by atoms with Gasteiger partial charge in [-0.25, -0.2) is 9.59 Å². The molecule has 13 heteroatoms. The number of aliphatic hydroxyl groups is 5. The van der Waals surface area contributed by atoms with Crippen molar-refractivity contribution in [2.24, 2.45) is 0 Å². The fraction of sp³-hybridized carbons (Fsp3) is 0.917. The van der Waals surface area contributed by atoms with Gasteiger partial charge in [0.25, 0.3) is 0 Å². The van der Waals surface area contributed by atoms with Crippen LogP contribution in [0, 0.1) is 0 Å². The summed E-state index contributed by atoms with van der Waals surface area (Å²) in [6, 6.07) is 0. The Morgan fingerprint density at radius 2 is 1.11 bits per heavy atom. The van der Waals surface area contributed by atoms with E-state index in [1.54, 1.807) is 0 Å². The largest absolute Gasteiger partial charge is 0.479 e. The van der Waals surface area contributed by atoms with Crippen molar-refractivity contribution in [2.45, 2.75) is 133 Å². The number of carbonyl (C=O) groups is 2. The Labute approximate surface area is 215 Å². The first kappa shape index (κ1) is 31.8. The molecule has 216 valence electrons. The quantitative estimate of drug-likeness (QED) is 0.126. The van der Waals surface area contributed by atoms with Gasteiger partial charge < -0.3 is 54.7 Å². The minimum Gasteiger partial charge on any atom is -0.479 e. The maximum Gasteiger partial charge on any atom is 0.335 e. The zero-order valence-electron chi connectivity index (χ0n) is 21.1. The van der Waals surface area contributed by atoms with Gasteiger partial charge in [-0.3, -0.25) is 0 Å². The van der Waals surface area contributed by atoms with Gasteiger partial charge in [-0.1, -0.05) is 64.7 Å². The SMILES string of the molecule is CCCCCCCCCCCCO[C@@H]1O[C@H](C(=O)O)[C@H](O[C@@H]2O[C@H](C(=O)O)[C@@H](O)[C@H](O)[C@H]2O)[C@H](O)[C@H]1O. The Morgan fingerprint density at radius 1 is 0.622 bits per heavy atom. The normalized spacial score (nSPS) is 36.4. The zero-order valence-corrected chi connectivity index (χ0v) is 21.1. The lowest BCUT2D eigenvalue weighted by Crippen LogP contribution is -2.65. The van der Waals surface area contributed by atoms with E-state index in [0.29, 0.717) is 6.42 Å². The molecule has 2 saturated heterocycles. The standard InChI is InChI=1S/C24H42O13/c1-2-3-4-5-6-7-8-9-10-11-12-34-23-17(29)15(27)18(20(37-23)22(32)33)35-24-16(28)13(25)14(26)19(36-24)21(30)31/h13-20,23-29H,2-12H2,1H3,(H,30,31)(H,32,33)/t13-,14-,15+,16+,17+,18+,19-,20-,23+,24+/m0/s1. The molecule has 0 saturated carbocycles. The summed E-state index contributed by atoms with van der Waals surface area (Å²) in [5, 5.41) is 69.6. The van der Waals surface area contributed by atoms with Crippen LogP contribution in [-0.4, -0.2) is 116 Å². The van der Waals surface area contributed by atoms with Crippen LogP contribution in [0.5, 0.6) is 0 Å². The first-order chi connectivity index (χ1) is 17.6. The highest BCUT2D eigenvalue weighted by molar-refractivity contribution is 5.74. The van der Waals surface area contributed by atoms with Crippen molar-refractivity contribution in [3.05, 3.63) is 0 Å². The van der Waals surface area contributed by atoms with Crippen molar-refractivity contribution < 1.29 is 64.3 Å². The van der Waals surface area contributed by atoms with Crippen molar-refractivity contribution >= 4 is 11.9 Å². The van der Waals surface area contributed by atoms with Gasteiger partial charge in [0.05, 0.1) is 0 Å². The Kier molecular flexibility index (Phi) is 13.6. The van der Waals surface area contributed by atoms with Crippen molar-refractivity contribution in [1.29, 1.82) is 0 Å². The van der Waals surface area contributed by atoms with Crippen molar-refractivity contribution in [1.82, 2.24) is 0 Å². The molecule has 2 fully saturated rings. The van der Waals surface area contributed by atoms with Gasteiger partial charge in [0.2, 0.25) is 0 Å². The third kappa shape index (κ3) is 9.08. The lowest BCUT2D eigenvalue weighted by atomic mass is 9.96. The van der Waals surface area contributed by atoms with Gasteiger partial charge in [0.15, 0.2) is 24.8 Å². The highest BCUT2D eigenvalue weighted by atomic mass is 16.7. The molecule has 0 radical (unpaired) electrons. The summed E-state index contributed by atoms with van der Waals surface area (Å²) in [5.41, 5.74) is 0. The van der Waals surface area contributed by atoms with Gasteiger partial charge in [-0.2, -0.15) is 0 Å². The molecule has 0 bridgehead atoms. The fourth-order valence-corrected chi connectivity index (χ4v) is 4.43. The number of carboxylic acids is 2.